The molecule has 45 heavy (non-hydrogen) atoms. The first-order valence-corrected chi connectivity index (χ1v) is 16.7. The van der Waals surface area contributed by atoms with E-state index in [-0.39, 0.29) is 29.4 Å². The second-order valence-electron chi connectivity index (χ2n) is 10.2. The van der Waals surface area contributed by atoms with E-state index in [9.17, 15) is 14.3 Å². The molecule has 0 aliphatic carbocycles. The van der Waals surface area contributed by atoms with Gasteiger partial charge in [-0.05, 0) is 17.9 Å². The number of amidine groups is 1. The summed E-state index contributed by atoms with van der Waals surface area (Å²) >= 11 is 5.17. The number of rotatable bonds is 2. The number of carbonyl (C=O) groups excluding carboxylic acids is 1. The molecule has 0 saturated carbocycles. The Morgan fingerprint density at radius 1 is 1.00 bits per heavy atom. The van der Waals surface area contributed by atoms with Gasteiger partial charge in [-0.25, -0.2) is 28.7 Å². The van der Waals surface area contributed by atoms with E-state index in [2.05, 4.69) is 19.9 Å². The molecule has 4 aliphatic heterocycles. The number of alkyl halides is 2. The van der Waals surface area contributed by atoms with Gasteiger partial charge in [-0.1, -0.05) is 0 Å². The summed E-state index contributed by atoms with van der Waals surface area (Å²) in [5.74, 6) is -0.418. The van der Waals surface area contributed by atoms with Crippen LogP contribution in [0, 0.1) is 0 Å². The third-order valence-corrected chi connectivity index (χ3v) is 9.74. The molecule has 0 aromatic carbocycles. The average Bonchev–Trinajstić information content (AvgIpc) is 3.72. The highest BCUT2D eigenvalue weighted by Gasteiger charge is 2.53. The number of imidazole rings is 2. The number of ether oxygens (including phenoxy) is 2. The number of nitrogen functional groups attached to an aromatic ring is 1. The minimum absolute atomic E-state index is 0.00813. The molecular weight excluding hydrogens is 663 g/mol. The van der Waals surface area contributed by atoms with Crippen LogP contribution < -0.4 is 11.5 Å². The van der Waals surface area contributed by atoms with Crippen LogP contribution in [0.1, 0.15) is 29.4 Å². The second-order valence-corrected chi connectivity index (χ2v) is 13.9. The topological polar surface area (TPSA) is 223 Å². The number of halogens is 2. The molecule has 0 bridgehead atoms. The number of aromatic nitrogens is 5. The van der Waals surface area contributed by atoms with Crippen LogP contribution in [-0.4, -0.2) is 98.1 Å². The van der Waals surface area contributed by atoms with Crippen LogP contribution in [-0.2, 0) is 43.9 Å². The first-order chi connectivity index (χ1) is 21.3. The normalized spacial score (nSPS) is 39.0. The number of ketones is 1. The van der Waals surface area contributed by atoms with Crippen LogP contribution in [0.15, 0.2) is 29.9 Å². The molecule has 2 unspecified atom stereocenters. The summed E-state index contributed by atoms with van der Waals surface area (Å²) in [5, 5.41) is 0. The van der Waals surface area contributed by atoms with Gasteiger partial charge >= 0.3 is 6.72 Å². The van der Waals surface area contributed by atoms with Crippen molar-refractivity contribution in [2.75, 3.05) is 18.9 Å². The number of hydrogen-bond acceptors (Lipinski definition) is 15. The van der Waals surface area contributed by atoms with Gasteiger partial charge in [0, 0.05) is 6.20 Å². The molecular formula is C22H26BF2N8O9P2S-. The Labute approximate surface area is 258 Å². The molecule has 0 spiro atoms. The lowest BCUT2D eigenvalue weighted by Crippen LogP contribution is -2.37. The molecule has 0 radical (unpaired) electrons. The monoisotopic (exact) mass is 689 g/mol. The molecule has 3 aromatic heterocycles. The number of carbonyl (C=O) groups is 1. The average molecular weight is 689 g/mol. The maximum atomic E-state index is 16.1. The first-order valence-electron chi connectivity index (χ1n) is 13.0. The predicted molar refractivity (Wildman–Crippen MR) is 158 cm³/mol. The molecule has 3 aromatic rings. The highest BCUT2D eigenvalue weighted by atomic mass is 32.5. The number of anilines is 1. The Kier molecular flexibility index (Phi) is 7.71. The van der Waals surface area contributed by atoms with Gasteiger partial charge in [-0.15, -0.1) is 0 Å². The minimum atomic E-state index is -4.25. The van der Waals surface area contributed by atoms with Crippen molar-refractivity contribution in [2.24, 2.45) is 10.7 Å². The van der Waals surface area contributed by atoms with E-state index in [0.717, 1.165) is 10.9 Å². The van der Waals surface area contributed by atoms with Crippen molar-refractivity contribution in [1.29, 1.82) is 0 Å². The van der Waals surface area contributed by atoms with Crippen LogP contribution in [0.25, 0.3) is 11.2 Å². The van der Waals surface area contributed by atoms with Crippen LogP contribution in [0.5, 0.6) is 0 Å². The highest BCUT2D eigenvalue weighted by Crippen LogP contribution is 2.54. The van der Waals surface area contributed by atoms with E-state index in [0.29, 0.717) is 11.2 Å². The smallest absolute Gasteiger partial charge is 0.325 e. The maximum absolute atomic E-state index is 16.1. The molecule has 7 rings (SSSR count). The molecule has 0 amide bonds. The molecule has 3 fully saturated rings. The number of nitrogens with two attached hydrogens (primary N) is 2. The van der Waals surface area contributed by atoms with Crippen molar-refractivity contribution < 1.29 is 50.6 Å². The third-order valence-electron chi connectivity index (χ3n) is 7.41. The van der Waals surface area contributed by atoms with E-state index in [1.807, 2.05) is 0 Å². The fourth-order valence-corrected chi connectivity index (χ4v) is 7.60. The first kappa shape index (κ1) is 30.9. The van der Waals surface area contributed by atoms with Gasteiger partial charge in [0.05, 0.1) is 45.5 Å². The largest absolute Gasteiger partial charge is 0.397 e. The van der Waals surface area contributed by atoms with Crippen molar-refractivity contribution in [3.63, 3.8) is 0 Å². The van der Waals surface area contributed by atoms with Crippen LogP contribution in [0.3, 0.4) is 0 Å². The SMILES string of the molecule is [BH3-][P@@]1(=O)OC[C@H]2O[C@@H](n3cnc4c3N=C(N)CC4=O)[C@H](F)[C@@H]2OP(O)(=S)OCC2O[C@@H](n3cnc4c(N)ccnc43)[C@H](F)[C@@H]2O1. The molecule has 17 nitrogen and oxygen atoms in total. The third kappa shape index (κ3) is 5.54. The number of Topliss-reactive ketones (excluding diaryl/α,β-unsaturated/α-hetero) is 1. The Bertz CT molecular complexity index is 1820. The molecule has 4 aliphatic rings. The van der Waals surface area contributed by atoms with Gasteiger partial charge in [0.1, 0.15) is 43.2 Å². The number of nitrogens with zero attached hydrogens (tertiary/aromatic N) is 6. The summed E-state index contributed by atoms with van der Waals surface area (Å²) in [5.41, 5.74) is 12.6. The number of fused-ring (bicyclic) bond motifs is 4. The fraction of sp³-hybridized carbons (Fsp3) is 0.500. The van der Waals surface area contributed by atoms with E-state index < -0.39 is 90.0 Å². The van der Waals surface area contributed by atoms with Crippen LogP contribution in [0.2, 0.25) is 0 Å². The lowest BCUT2D eigenvalue weighted by atomic mass is 10.1. The fourth-order valence-electron chi connectivity index (χ4n) is 5.38. The molecule has 3 saturated heterocycles. The van der Waals surface area contributed by atoms with Gasteiger partial charge in [0.25, 0.3) is 0 Å². The molecule has 10 atom stereocenters. The summed E-state index contributed by atoms with van der Waals surface area (Å²) in [4.78, 5) is 39.9. The highest BCUT2D eigenvalue weighted by molar-refractivity contribution is 8.07. The minimum Gasteiger partial charge on any atom is -0.397 e. The Morgan fingerprint density at radius 3 is 2.38 bits per heavy atom. The van der Waals surface area contributed by atoms with Gasteiger partial charge in [-0.2, -0.15) is 0 Å². The van der Waals surface area contributed by atoms with Crippen molar-refractivity contribution >= 4 is 67.9 Å². The summed E-state index contributed by atoms with van der Waals surface area (Å²) in [7, 11) is -5.11. The van der Waals surface area contributed by atoms with Crippen LogP contribution >= 0.6 is 14.2 Å². The Balaban J connectivity index is 1.16. The lowest BCUT2D eigenvalue weighted by Gasteiger charge is -2.31. The van der Waals surface area contributed by atoms with Crippen molar-refractivity contribution in [3.05, 3.63) is 30.6 Å². The van der Waals surface area contributed by atoms with E-state index in [4.69, 9.17) is 50.8 Å². The molecule has 5 N–H and O–H groups in total. The summed E-state index contributed by atoms with van der Waals surface area (Å²) < 4.78 is 82.5. The lowest BCUT2D eigenvalue weighted by molar-refractivity contribution is -0.0568. The van der Waals surface area contributed by atoms with E-state index >= 15 is 8.78 Å². The van der Waals surface area contributed by atoms with Gasteiger partial charge in [0.15, 0.2) is 47.7 Å². The second kappa shape index (κ2) is 11.2. The Morgan fingerprint density at radius 2 is 1.64 bits per heavy atom. The van der Waals surface area contributed by atoms with E-state index in [1.165, 1.54) is 23.2 Å². The molecule has 242 valence electrons. The van der Waals surface area contributed by atoms with Gasteiger partial charge in [0.2, 0.25) is 0 Å². The number of hydrogen-bond donors (Lipinski definition) is 3. The number of aliphatic imine (C=N–C) groups is 1. The molecule has 23 heteroatoms. The summed E-state index contributed by atoms with van der Waals surface area (Å²) in [6.07, 6.45) is -8.64. The van der Waals surface area contributed by atoms with Gasteiger partial charge < -0.3 is 44.0 Å². The maximum Gasteiger partial charge on any atom is 0.325 e. The van der Waals surface area contributed by atoms with Crippen LogP contribution in [0.4, 0.5) is 20.3 Å². The van der Waals surface area contributed by atoms with Crippen molar-refractivity contribution in [3.8, 4) is 0 Å². The zero-order chi connectivity index (χ0) is 31.8. The molecule has 7 heterocycles. The number of pyridine rings is 1. The van der Waals surface area contributed by atoms with Crippen molar-refractivity contribution in [2.45, 2.75) is 55.6 Å². The standard InChI is InChI=1S/C22H26BF2N8O9P2S/c23-43(35)37-4-10-18(14(25)22(39-10)33-7-30-16-9(34)3-12(27)31-20(16)33)42-44(36,45)38-5-11-17(41-43)13(24)21(40-11)32-6-29-15-8(26)1-2-28-19(15)32/h1-2,6-7,10-11,13-14,17-18,21-22H,3-5H2,23H3,(H2,26,28)(H2,27,31)(H,36,45)/q-1/t10-,11?,13-,14-,17-,18-,21-,22-,43-,44?/m1/s1. The van der Waals surface area contributed by atoms with E-state index in [1.54, 1.807) is 0 Å². The summed E-state index contributed by atoms with van der Waals surface area (Å²) in [6, 6.07) is 1.54. The predicted octanol–water partition coefficient (Wildman–Crippen LogP) is 0.464. The quantitative estimate of drug-likeness (QED) is 0.246. The zero-order valence-corrected chi connectivity index (χ0v) is 24.8. The zero-order valence-electron chi connectivity index (χ0n) is 22.2. The van der Waals surface area contributed by atoms with Gasteiger partial charge in [-0.3, -0.25) is 18.5 Å². The summed E-state index contributed by atoms with van der Waals surface area (Å²) in [6.45, 7) is -5.35. The van der Waals surface area contributed by atoms with Crippen molar-refractivity contribution in [1.82, 2.24) is 24.1 Å². The Hall–Kier alpha value is -2.71.